The van der Waals surface area contributed by atoms with Crippen LogP contribution in [0.2, 0.25) is 0 Å². The normalized spacial score (nSPS) is 18.3. The molecule has 1 aromatic carbocycles. The molecular formula is C13H17ClO3S. The molecule has 0 saturated heterocycles. The van der Waals surface area contributed by atoms with Gasteiger partial charge in [0.2, 0.25) is 0 Å². The Labute approximate surface area is 113 Å². The van der Waals surface area contributed by atoms with Crippen molar-refractivity contribution in [3.63, 3.8) is 0 Å². The van der Waals surface area contributed by atoms with Gasteiger partial charge in [0.15, 0.2) is 0 Å². The van der Waals surface area contributed by atoms with Gasteiger partial charge in [0, 0.05) is 16.7 Å². The summed E-state index contributed by atoms with van der Waals surface area (Å²) in [4.78, 5) is 0.0929. The molecule has 0 bridgehead atoms. The molecule has 0 spiro atoms. The number of halogens is 1. The second kappa shape index (κ2) is 5.93. The monoisotopic (exact) mass is 288 g/mol. The summed E-state index contributed by atoms with van der Waals surface area (Å²) in [7, 11) is 1.63. The van der Waals surface area contributed by atoms with Crippen LogP contribution >= 0.6 is 10.7 Å². The van der Waals surface area contributed by atoms with Gasteiger partial charge in [-0.2, -0.15) is 0 Å². The van der Waals surface area contributed by atoms with Crippen molar-refractivity contribution >= 4 is 19.7 Å². The highest BCUT2D eigenvalue weighted by Crippen LogP contribution is 2.25. The van der Waals surface area contributed by atoms with E-state index in [1.165, 1.54) is 37.8 Å². The summed E-state index contributed by atoms with van der Waals surface area (Å²) in [5.74, 6) is 0.587. The van der Waals surface area contributed by atoms with Crippen molar-refractivity contribution < 1.29 is 13.2 Å². The minimum Gasteiger partial charge on any atom is -0.490 e. The Bertz CT molecular complexity index is 491. The molecule has 0 unspecified atom stereocenters. The van der Waals surface area contributed by atoms with Crippen molar-refractivity contribution in [2.45, 2.75) is 49.5 Å². The van der Waals surface area contributed by atoms with Gasteiger partial charge in [0.1, 0.15) is 5.75 Å². The molecule has 0 heterocycles. The maximum absolute atomic E-state index is 11.2. The summed E-state index contributed by atoms with van der Waals surface area (Å²) in [6, 6.07) is 6.40. The minimum absolute atomic E-state index is 0.0929. The molecule has 0 aliphatic heterocycles. The van der Waals surface area contributed by atoms with E-state index >= 15 is 0 Å². The zero-order valence-electron chi connectivity index (χ0n) is 10.1. The maximum Gasteiger partial charge on any atom is 0.261 e. The fourth-order valence-corrected chi connectivity index (χ4v) is 3.04. The lowest BCUT2D eigenvalue weighted by atomic mass is 10.1. The molecular weight excluding hydrogens is 272 g/mol. The molecule has 100 valence electrons. The van der Waals surface area contributed by atoms with E-state index in [0.717, 1.165) is 12.8 Å². The van der Waals surface area contributed by atoms with Gasteiger partial charge in [-0.1, -0.05) is 18.9 Å². The molecule has 1 fully saturated rings. The van der Waals surface area contributed by atoms with E-state index in [9.17, 15) is 8.42 Å². The van der Waals surface area contributed by atoms with Crippen LogP contribution < -0.4 is 4.74 Å². The molecule has 0 atom stereocenters. The number of hydrogen-bond acceptors (Lipinski definition) is 3. The van der Waals surface area contributed by atoms with Crippen LogP contribution in [-0.4, -0.2) is 14.5 Å². The minimum atomic E-state index is -3.68. The second-order valence-electron chi connectivity index (χ2n) is 4.64. The summed E-state index contributed by atoms with van der Waals surface area (Å²) in [5, 5.41) is 0. The predicted molar refractivity (Wildman–Crippen MR) is 71.6 cm³/mol. The Morgan fingerprint density at radius 2 is 1.78 bits per heavy atom. The maximum atomic E-state index is 11.2. The van der Waals surface area contributed by atoms with Crippen molar-refractivity contribution in [2.24, 2.45) is 0 Å². The van der Waals surface area contributed by atoms with Crippen LogP contribution in [0.15, 0.2) is 29.2 Å². The van der Waals surface area contributed by atoms with E-state index in [0.29, 0.717) is 5.75 Å². The zero-order valence-corrected chi connectivity index (χ0v) is 11.7. The third-order valence-electron chi connectivity index (χ3n) is 3.19. The van der Waals surface area contributed by atoms with Gasteiger partial charge in [-0.3, -0.25) is 0 Å². The first-order chi connectivity index (χ1) is 8.55. The third-order valence-corrected chi connectivity index (χ3v) is 4.54. The Morgan fingerprint density at radius 1 is 1.11 bits per heavy atom. The highest BCUT2D eigenvalue weighted by atomic mass is 35.7. The topological polar surface area (TPSA) is 43.4 Å². The van der Waals surface area contributed by atoms with Crippen LogP contribution in [0, 0.1) is 0 Å². The Kier molecular flexibility index (Phi) is 4.51. The summed E-state index contributed by atoms with van der Waals surface area (Å²) in [5.41, 5.74) is 0. The van der Waals surface area contributed by atoms with Crippen molar-refractivity contribution in [1.29, 1.82) is 0 Å². The van der Waals surface area contributed by atoms with Crippen LogP contribution in [0.4, 0.5) is 0 Å². The number of hydrogen-bond donors (Lipinski definition) is 0. The molecule has 0 aromatic heterocycles. The lowest BCUT2D eigenvalue weighted by Crippen LogP contribution is -2.15. The van der Waals surface area contributed by atoms with Gasteiger partial charge in [0.25, 0.3) is 9.05 Å². The van der Waals surface area contributed by atoms with E-state index in [1.54, 1.807) is 12.1 Å². The quantitative estimate of drug-likeness (QED) is 0.629. The molecule has 1 saturated carbocycles. The smallest absolute Gasteiger partial charge is 0.261 e. The molecule has 1 aliphatic rings. The first-order valence-electron chi connectivity index (χ1n) is 6.27. The zero-order chi connectivity index (χ0) is 13.0. The highest BCUT2D eigenvalue weighted by Gasteiger charge is 2.15. The van der Waals surface area contributed by atoms with Crippen molar-refractivity contribution in [3.8, 4) is 5.75 Å². The van der Waals surface area contributed by atoms with Gasteiger partial charge in [-0.05, 0) is 37.8 Å². The summed E-state index contributed by atoms with van der Waals surface area (Å²) in [6.07, 6.45) is 7.15. The van der Waals surface area contributed by atoms with Crippen molar-refractivity contribution in [3.05, 3.63) is 24.3 Å². The van der Waals surface area contributed by atoms with E-state index < -0.39 is 9.05 Å². The summed E-state index contributed by atoms with van der Waals surface area (Å²) in [6.45, 7) is 0. The molecule has 0 N–H and O–H groups in total. The standard InChI is InChI=1S/C13H17ClO3S/c14-18(15,16)13-9-5-8-12(10-13)17-11-6-3-1-2-4-7-11/h5,8-11H,1-4,6-7H2. The average Bonchev–Trinajstić information content (AvgIpc) is 2.57. The second-order valence-corrected chi connectivity index (χ2v) is 7.21. The lowest BCUT2D eigenvalue weighted by Gasteiger charge is -2.17. The van der Waals surface area contributed by atoms with Crippen molar-refractivity contribution in [1.82, 2.24) is 0 Å². The lowest BCUT2D eigenvalue weighted by molar-refractivity contribution is 0.183. The SMILES string of the molecule is O=S(=O)(Cl)c1cccc(OC2CCCCCC2)c1. The molecule has 0 radical (unpaired) electrons. The van der Waals surface area contributed by atoms with Gasteiger partial charge in [0.05, 0.1) is 11.0 Å². The molecule has 1 aromatic rings. The first kappa shape index (κ1) is 13.7. The van der Waals surface area contributed by atoms with E-state index in [1.807, 2.05) is 0 Å². The number of rotatable bonds is 3. The van der Waals surface area contributed by atoms with E-state index in [-0.39, 0.29) is 11.0 Å². The predicted octanol–water partition coefficient (Wildman–Crippen LogP) is 3.72. The van der Waals surface area contributed by atoms with E-state index in [2.05, 4.69) is 0 Å². The molecule has 5 heteroatoms. The van der Waals surface area contributed by atoms with Crippen LogP contribution in [-0.2, 0) is 9.05 Å². The largest absolute Gasteiger partial charge is 0.490 e. The average molecular weight is 289 g/mol. The summed E-state index contributed by atoms with van der Waals surface area (Å²) < 4.78 is 28.3. The van der Waals surface area contributed by atoms with Crippen molar-refractivity contribution in [2.75, 3.05) is 0 Å². The summed E-state index contributed by atoms with van der Waals surface area (Å²) >= 11 is 0. The number of benzene rings is 1. The molecule has 0 amide bonds. The van der Waals surface area contributed by atoms with Crippen LogP contribution in [0.5, 0.6) is 5.75 Å². The van der Waals surface area contributed by atoms with Crippen LogP contribution in [0.1, 0.15) is 38.5 Å². The molecule has 3 nitrogen and oxygen atoms in total. The molecule has 1 aliphatic carbocycles. The van der Waals surface area contributed by atoms with Gasteiger partial charge in [-0.15, -0.1) is 0 Å². The van der Waals surface area contributed by atoms with E-state index in [4.69, 9.17) is 15.4 Å². The Balaban J connectivity index is 2.09. The number of ether oxygens (including phenoxy) is 1. The van der Waals surface area contributed by atoms with Crippen LogP contribution in [0.3, 0.4) is 0 Å². The fourth-order valence-electron chi connectivity index (χ4n) is 2.25. The van der Waals surface area contributed by atoms with Crippen LogP contribution in [0.25, 0.3) is 0 Å². The van der Waals surface area contributed by atoms with Gasteiger partial charge >= 0.3 is 0 Å². The highest BCUT2D eigenvalue weighted by molar-refractivity contribution is 8.13. The fraction of sp³-hybridized carbons (Fsp3) is 0.538. The molecule has 18 heavy (non-hydrogen) atoms. The molecule has 2 rings (SSSR count). The van der Waals surface area contributed by atoms with Gasteiger partial charge < -0.3 is 4.74 Å². The first-order valence-corrected chi connectivity index (χ1v) is 8.58. The van der Waals surface area contributed by atoms with Gasteiger partial charge in [-0.25, -0.2) is 8.42 Å². The third kappa shape index (κ3) is 3.89. The Morgan fingerprint density at radius 3 is 2.39 bits per heavy atom. The Hall–Kier alpha value is -0.740.